The van der Waals surface area contributed by atoms with Crippen LogP contribution in [-0.2, 0) is 0 Å². The van der Waals surface area contributed by atoms with Gasteiger partial charge in [-0.2, -0.15) is 0 Å². The lowest BCUT2D eigenvalue weighted by Crippen LogP contribution is -2.27. The van der Waals surface area contributed by atoms with Crippen molar-refractivity contribution in [3.05, 3.63) is 29.3 Å². The van der Waals surface area contributed by atoms with Crippen molar-refractivity contribution in [3.63, 3.8) is 0 Å². The van der Waals surface area contributed by atoms with E-state index in [0.717, 1.165) is 10.6 Å². The van der Waals surface area contributed by atoms with E-state index >= 15 is 0 Å². The molecule has 18 heavy (non-hydrogen) atoms. The van der Waals surface area contributed by atoms with Gasteiger partial charge in [-0.1, -0.05) is 0 Å². The number of imide groups is 1. The van der Waals surface area contributed by atoms with Crippen molar-refractivity contribution in [2.24, 2.45) is 0 Å². The van der Waals surface area contributed by atoms with E-state index in [1.807, 2.05) is 6.92 Å². The number of carbonyl (C=O) groups excluding carboxylic acids is 2. The zero-order valence-corrected chi connectivity index (χ0v) is 10.6. The molecule has 2 rings (SSSR count). The number of hydrogen-bond acceptors (Lipinski definition) is 4. The fourth-order valence-corrected chi connectivity index (χ4v) is 1.83. The number of aliphatic hydroxyl groups excluding tert-OH is 1. The van der Waals surface area contributed by atoms with Crippen LogP contribution in [0.5, 0.6) is 0 Å². The molecule has 0 fully saturated rings. The third-order valence-electron chi connectivity index (χ3n) is 3.21. The minimum absolute atomic E-state index is 0.131. The zero-order chi connectivity index (χ0) is 13.4. The van der Waals surface area contributed by atoms with Crippen LogP contribution < -0.4 is 5.32 Å². The van der Waals surface area contributed by atoms with Crippen molar-refractivity contribution in [1.82, 2.24) is 4.90 Å². The number of anilines is 1. The highest BCUT2D eigenvalue weighted by molar-refractivity contribution is 6.21. The molecule has 2 unspecified atom stereocenters. The van der Waals surface area contributed by atoms with Crippen LogP contribution in [0.1, 0.15) is 34.6 Å². The quantitative estimate of drug-likeness (QED) is 0.786. The molecule has 2 N–H and O–H groups in total. The summed E-state index contributed by atoms with van der Waals surface area (Å²) in [6.45, 7) is 3.53. The topological polar surface area (TPSA) is 69.6 Å². The molecule has 5 heteroatoms. The van der Waals surface area contributed by atoms with Crippen molar-refractivity contribution < 1.29 is 14.7 Å². The zero-order valence-electron chi connectivity index (χ0n) is 10.6. The molecular formula is C13H16N2O3. The molecule has 0 saturated heterocycles. The lowest BCUT2D eigenvalue weighted by atomic mass is 10.1. The Morgan fingerprint density at radius 3 is 2.39 bits per heavy atom. The first-order valence-electron chi connectivity index (χ1n) is 5.83. The van der Waals surface area contributed by atoms with Crippen molar-refractivity contribution >= 4 is 17.5 Å². The molecule has 0 spiro atoms. The number of nitrogens with zero attached hydrogens (tertiary/aromatic N) is 1. The molecule has 96 valence electrons. The number of hydrogen-bond donors (Lipinski definition) is 2. The lowest BCUT2D eigenvalue weighted by molar-refractivity contribution is 0.0693. The number of fused-ring (bicyclic) bond motifs is 1. The number of amides is 2. The number of aliphatic hydroxyl groups is 1. The number of rotatable bonds is 3. The summed E-state index contributed by atoms with van der Waals surface area (Å²) in [6, 6.07) is 4.89. The molecular weight excluding hydrogens is 232 g/mol. The standard InChI is InChI=1S/C13H16N2O3/c1-7(8(2)16)14-9-4-5-10-11(6-9)13(18)15(3)12(10)17/h4-8,14,16H,1-3H3. The van der Waals surface area contributed by atoms with Crippen LogP contribution in [-0.4, -0.2) is 41.0 Å². The van der Waals surface area contributed by atoms with Crippen molar-refractivity contribution in [2.75, 3.05) is 12.4 Å². The van der Waals surface area contributed by atoms with Gasteiger partial charge in [0.1, 0.15) is 0 Å². The highest BCUT2D eigenvalue weighted by Crippen LogP contribution is 2.25. The van der Waals surface area contributed by atoms with Crippen LogP contribution >= 0.6 is 0 Å². The Kier molecular flexibility index (Phi) is 3.09. The Hall–Kier alpha value is -1.88. The van der Waals surface area contributed by atoms with E-state index in [0.29, 0.717) is 11.1 Å². The second-order valence-electron chi connectivity index (χ2n) is 4.60. The summed E-state index contributed by atoms with van der Waals surface area (Å²) in [7, 11) is 1.47. The SMILES string of the molecule is CC(O)C(C)Nc1ccc2c(c1)C(=O)N(C)C2=O. The van der Waals surface area contributed by atoms with Gasteiger partial charge in [-0.25, -0.2) is 0 Å². The molecule has 1 aromatic carbocycles. The highest BCUT2D eigenvalue weighted by atomic mass is 16.3. The van der Waals surface area contributed by atoms with Crippen LogP contribution in [0.25, 0.3) is 0 Å². The van der Waals surface area contributed by atoms with E-state index in [2.05, 4.69) is 5.32 Å². The average molecular weight is 248 g/mol. The Morgan fingerprint density at radius 1 is 1.17 bits per heavy atom. The van der Waals surface area contributed by atoms with Gasteiger partial charge in [-0.05, 0) is 32.0 Å². The molecule has 2 amide bonds. The minimum Gasteiger partial charge on any atom is -0.391 e. The Morgan fingerprint density at radius 2 is 1.78 bits per heavy atom. The summed E-state index contributed by atoms with van der Waals surface area (Å²) < 4.78 is 0. The maximum absolute atomic E-state index is 11.8. The molecule has 5 nitrogen and oxygen atoms in total. The first-order valence-corrected chi connectivity index (χ1v) is 5.83. The van der Waals surface area contributed by atoms with E-state index in [9.17, 15) is 14.7 Å². The van der Waals surface area contributed by atoms with Gasteiger partial charge >= 0.3 is 0 Å². The first kappa shape index (κ1) is 12.6. The predicted octanol–water partition coefficient (Wildman–Crippen LogP) is 1.09. The van der Waals surface area contributed by atoms with E-state index in [1.165, 1.54) is 7.05 Å². The first-order chi connectivity index (χ1) is 8.41. The van der Waals surface area contributed by atoms with E-state index in [1.54, 1.807) is 25.1 Å². The number of benzene rings is 1. The van der Waals surface area contributed by atoms with Gasteiger partial charge in [0.25, 0.3) is 11.8 Å². The van der Waals surface area contributed by atoms with Gasteiger partial charge in [0.15, 0.2) is 0 Å². The smallest absolute Gasteiger partial charge is 0.261 e. The van der Waals surface area contributed by atoms with Crippen LogP contribution in [0.15, 0.2) is 18.2 Å². The molecule has 2 atom stereocenters. The molecule has 0 aliphatic carbocycles. The highest BCUT2D eigenvalue weighted by Gasteiger charge is 2.32. The predicted molar refractivity (Wildman–Crippen MR) is 67.6 cm³/mol. The molecule has 0 radical (unpaired) electrons. The average Bonchev–Trinajstić information content (AvgIpc) is 2.54. The summed E-state index contributed by atoms with van der Waals surface area (Å²) in [5, 5.41) is 12.5. The Balaban J connectivity index is 2.29. The molecule has 0 aromatic heterocycles. The lowest BCUT2D eigenvalue weighted by Gasteiger charge is -2.18. The van der Waals surface area contributed by atoms with Gasteiger partial charge in [0, 0.05) is 18.8 Å². The molecule has 0 saturated carbocycles. The van der Waals surface area contributed by atoms with Crippen molar-refractivity contribution in [2.45, 2.75) is 26.0 Å². The number of nitrogens with one attached hydrogen (secondary N) is 1. The van der Waals surface area contributed by atoms with Gasteiger partial charge in [-0.15, -0.1) is 0 Å². The maximum atomic E-state index is 11.8. The molecule has 1 aliphatic heterocycles. The second-order valence-corrected chi connectivity index (χ2v) is 4.60. The summed E-state index contributed by atoms with van der Waals surface area (Å²) in [4.78, 5) is 24.6. The third kappa shape index (κ3) is 1.97. The Labute approximate surface area is 105 Å². The fourth-order valence-electron chi connectivity index (χ4n) is 1.83. The fraction of sp³-hybridized carbons (Fsp3) is 0.385. The monoisotopic (exact) mass is 248 g/mol. The molecule has 1 heterocycles. The van der Waals surface area contributed by atoms with Crippen LogP contribution in [0, 0.1) is 0 Å². The minimum atomic E-state index is -0.502. The largest absolute Gasteiger partial charge is 0.391 e. The molecule has 0 bridgehead atoms. The van der Waals surface area contributed by atoms with Crippen LogP contribution in [0.4, 0.5) is 5.69 Å². The van der Waals surface area contributed by atoms with Crippen molar-refractivity contribution in [1.29, 1.82) is 0 Å². The normalized spacial score (nSPS) is 17.7. The summed E-state index contributed by atoms with van der Waals surface area (Å²) in [5.74, 6) is -0.562. The molecule has 1 aliphatic rings. The van der Waals surface area contributed by atoms with Crippen molar-refractivity contribution in [3.8, 4) is 0 Å². The maximum Gasteiger partial charge on any atom is 0.261 e. The van der Waals surface area contributed by atoms with E-state index < -0.39 is 6.10 Å². The summed E-state index contributed by atoms with van der Waals surface area (Å²) in [6.07, 6.45) is -0.502. The second kappa shape index (κ2) is 4.42. The molecule has 1 aromatic rings. The summed E-state index contributed by atoms with van der Waals surface area (Å²) in [5.41, 5.74) is 1.56. The third-order valence-corrected chi connectivity index (χ3v) is 3.21. The van der Waals surface area contributed by atoms with Gasteiger partial charge < -0.3 is 10.4 Å². The van der Waals surface area contributed by atoms with Gasteiger partial charge in [-0.3, -0.25) is 14.5 Å². The van der Waals surface area contributed by atoms with E-state index in [4.69, 9.17) is 0 Å². The van der Waals surface area contributed by atoms with Gasteiger partial charge in [0.05, 0.1) is 17.2 Å². The van der Waals surface area contributed by atoms with Crippen LogP contribution in [0.2, 0.25) is 0 Å². The van der Waals surface area contributed by atoms with Crippen LogP contribution in [0.3, 0.4) is 0 Å². The van der Waals surface area contributed by atoms with E-state index in [-0.39, 0.29) is 17.9 Å². The Bertz CT molecular complexity index is 511. The van der Waals surface area contributed by atoms with Gasteiger partial charge in [0.2, 0.25) is 0 Å². The summed E-state index contributed by atoms with van der Waals surface area (Å²) >= 11 is 0. The number of carbonyl (C=O) groups is 2.